The highest BCUT2D eigenvalue weighted by molar-refractivity contribution is 7.80. The van der Waals surface area contributed by atoms with E-state index in [1.807, 2.05) is 0 Å². The van der Waals surface area contributed by atoms with Crippen LogP contribution in [-0.2, 0) is 9.59 Å². The Kier molecular flexibility index (Phi) is 5.05. The van der Waals surface area contributed by atoms with Crippen molar-refractivity contribution < 1.29 is 24.4 Å². The lowest BCUT2D eigenvalue weighted by Gasteiger charge is -2.29. The molecule has 28 heavy (non-hydrogen) atoms. The average molecular weight is 399 g/mol. The molecule has 1 fully saturated rings. The second-order valence-electron chi connectivity index (χ2n) is 5.66. The first-order valence-corrected chi connectivity index (χ1v) is 8.25. The molecule has 0 unspecified atom stereocenters. The maximum Gasteiger partial charge on any atom is 0.311 e. The Hall–Kier alpha value is -3.79. The van der Waals surface area contributed by atoms with E-state index in [4.69, 9.17) is 17.0 Å². The topological polar surface area (TPSA) is 122 Å². The fraction of sp³-hybridized carbons (Fsp3) is 0.0556. The third-order valence-electron chi connectivity index (χ3n) is 3.94. The molecule has 2 aromatic rings. The lowest BCUT2D eigenvalue weighted by Crippen LogP contribution is -2.54. The lowest BCUT2D eigenvalue weighted by molar-refractivity contribution is -0.385. The third-order valence-corrected chi connectivity index (χ3v) is 4.22. The molecule has 0 spiro atoms. The molecule has 0 aliphatic carbocycles. The maximum atomic E-state index is 12.9. The summed E-state index contributed by atoms with van der Waals surface area (Å²) in [7, 11) is 1.50. The van der Waals surface area contributed by atoms with E-state index in [2.05, 4.69) is 5.32 Å². The molecule has 3 rings (SSSR count). The van der Waals surface area contributed by atoms with Gasteiger partial charge in [0.05, 0.1) is 17.7 Å². The van der Waals surface area contributed by atoms with E-state index in [-0.39, 0.29) is 16.2 Å². The second kappa shape index (κ2) is 7.45. The van der Waals surface area contributed by atoms with Gasteiger partial charge in [-0.2, -0.15) is 0 Å². The number of nitro benzene ring substituents is 1. The molecule has 1 saturated heterocycles. The highest BCUT2D eigenvalue weighted by Crippen LogP contribution is 2.28. The third kappa shape index (κ3) is 3.53. The SMILES string of the molecule is COc1ccc(N2C(=O)/C(=C/c3ccc(O)c([N+](=O)[O-])c3)C(=O)NC2=S)cc1. The Morgan fingerprint density at radius 2 is 1.89 bits per heavy atom. The standard InChI is InChI=1S/C18H13N3O6S/c1-27-12-5-3-11(4-6-12)20-17(24)13(16(23)19-18(20)28)8-10-2-7-15(22)14(9-10)21(25)26/h2-9,22H,1H3,(H,19,23,28)/b13-8+. The van der Waals surface area contributed by atoms with Gasteiger partial charge in [-0.05, 0) is 54.2 Å². The minimum absolute atomic E-state index is 0.0889. The van der Waals surface area contributed by atoms with Crippen LogP contribution in [0.4, 0.5) is 11.4 Å². The monoisotopic (exact) mass is 399 g/mol. The minimum Gasteiger partial charge on any atom is -0.502 e. The van der Waals surface area contributed by atoms with Gasteiger partial charge in [0.25, 0.3) is 11.8 Å². The molecule has 1 aliphatic rings. The van der Waals surface area contributed by atoms with Crippen LogP contribution < -0.4 is 15.0 Å². The Labute approximate surface area is 164 Å². The first-order chi connectivity index (χ1) is 13.3. The van der Waals surface area contributed by atoms with Crippen LogP contribution in [-0.4, -0.2) is 34.1 Å². The molecule has 10 heteroatoms. The summed E-state index contributed by atoms with van der Waals surface area (Å²) in [5.41, 5.74) is -0.186. The van der Waals surface area contributed by atoms with Gasteiger partial charge in [0.1, 0.15) is 11.3 Å². The number of hydrogen-bond acceptors (Lipinski definition) is 7. The van der Waals surface area contributed by atoms with Gasteiger partial charge in [0.15, 0.2) is 10.9 Å². The molecule has 0 radical (unpaired) electrons. The number of carbonyl (C=O) groups is 2. The molecule has 1 aliphatic heterocycles. The summed E-state index contributed by atoms with van der Waals surface area (Å²) in [5.74, 6) is -1.35. The maximum absolute atomic E-state index is 12.9. The molecule has 0 saturated carbocycles. The average Bonchev–Trinajstić information content (AvgIpc) is 2.66. The van der Waals surface area contributed by atoms with E-state index in [1.165, 1.54) is 19.3 Å². The zero-order chi connectivity index (χ0) is 20.4. The summed E-state index contributed by atoms with van der Waals surface area (Å²) >= 11 is 5.11. The van der Waals surface area contributed by atoms with Crippen molar-refractivity contribution in [1.82, 2.24) is 5.32 Å². The fourth-order valence-electron chi connectivity index (χ4n) is 2.57. The number of phenols is 1. The molecular weight excluding hydrogens is 386 g/mol. The Morgan fingerprint density at radius 1 is 1.21 bits per heavy atom. The van der Waals surface area contributed by atoms with Crippen LogP contribution in [0.5, 0.6) is 11.5 Å². The van der Waals surface area contributed by atoms with Gasteiger partial charge in [-0.25, -0.2) is 0 Å². The van der Waals surface area contributed by atoms with Gasteiger partial charge in [-0.15, -0.1) is 0 Å². The first-order valence-electron chi connectivity index (χ1n) is 7.84. The fourth-order valence-corrected chi connectivity index (χ4v) is 2.85. The summed E-state index contributed by atoms with van der Waals surface area (Å²) in [6.07, 6.45) is 1.20. The van der Waals surface area contributed by atoms with Crippen molar-refractivity contribution >= 4 is 46.6 Å². The quantitative estimate of drug-likeness (QED) is 0.265. The number of ether oxygens (including phenoxy) is 1. The molecule has 2 N–H and O–H groups in total. The number of hydrogen-bond donors (Lipinski definition) is 2. The first kappa shape index (κ1) is 19.0. The molecule has 9 nitrogen and oxygen atoms in total. The van der Waals surface area contributed by atoms with Gasteiger partial charge in [0.2, 0.25) is 0 Å². The number of phenolic OH excluding ortho intramolecular Hbond substituents is 1. The van der Waals surface area contributed by atoms with Gasteiger partial charge >= 0.3 is 5.69 Å². The number of anilines is 1. The molecule has 0 aromatic heterocycles. The molecule has 0 atom stereocenters. The summed E-state index contributed by atoms with van der Waals surface area (Å²) in [6, 6.07) is 9.99. The van der Waals surface area contributed by atoms with E-state index in [1.54, 1.807) is 24.3 Å². The van der Waals surface area contributed by atoms with Crippen LogP contribution in [0.15, 0.2) is 48.0 Å². The number of nitro groups is 1. The predicted molar refractivity (Wildman–Crippen MR) is 104 cm³/mol. The largest absolute Gasteiger partial charge is 0.502 e. The van der Waals surface area contributed by atoms with Crippen LogP contribution in [0.1, 0.15) is 5.56 Å². The molecule has 142 valence electrons. The van der Waals surface area contributed by atoms with Crippen molar-refractivity contribution in [3.05, 3.63) is 63.7 Å². The number of thiocarbonyl (C=S) groups is 1. The summed E-state index contributed by atoms with van der Waals surface area (Å²) in [5, 5.41) is 22.8. The molecule has 2 aromatic carbocycles. The van der Waals surface area contributed by atoms with Crippen molar-refractivity contribution in [2.75, 3.05) is 12.0 Å². The van der Waals surface area contributed by atoms with E-state index < -0.39 is 28.2 Å². The van der Waals surface area contributed by atoms with E-state index in [0.717, 1.165) is 17.0 Å². The number of carbonyl (C=O) groups excluding carboxylic acids is 2. The predicted octanol–water partition coefficient (Wildman–Crippen LogP) is 2.14. The van der Waals surface area contributed by atoms with E-state index in [0.29, 0.717) is 11.4 Å². The van der Waals surface area contributed by atoms with Crippen molar-refractivity contribution in [3.63, 3.8) is 0 Å². The molecule has 2 amide bonds. The Morgan fingerprint density at radius 3 is 2.50 bits per heavy atom. The van der Waals surface area contributed by atoms with Crippen LogP contribution in [0.2, 0.25) is 0 Å². The highest BCUT2D eigenvalue weighted by atomic mass is 32.1. The number of nitrogens with one attached hydrogen (secondary N) is 1. The minimum atomic E-state index is -0.765. The van der Waals surface area contributed by atoms with Crippen molar-refractivity contribution in [2.24, 2.45) is 0 Å². The zero-order valence-corrected chi connectivity index (χ0v) is 15.2. The summed E-state index contributed by atoms with van der Waals surface area (Å²) < 4.78 is 5.07. The van der Waals surface area contributed by atoms with Crippen LogP contribution in [0, 0.1) is 10.1 Å². The van der Waals surface area contributed by atoms with Crippen molar-refractivity contribution in [3.8, 4) is 11.5 Å². The van der Waals surface area contributed by atoms with Gasteiger partial charge < -0.3 is 9.84 Å². The second-order valence-corrected chi connectivity index (χ2v) is 6.05. The summed E-state index contributed by atoms with van der Waals surface area (Å²) in [6.45, 7) is 0. The lowest BCUT2D eigenvalue weighted by atomic mass is 10.1. The number of amides is 2. The zero-order valence-electron chi connectivity index (χ0n) is 14.4. The molecular formula is C18H13N3O6S. The number of methoxy groups -OCH3 is 1. The van der Waals surface area contributed by atoms with E-state index in [9.17, 15) is 24.8 Å². The normalized spacial score (nSPS) is 15.5. The van der Waals surface area contributed by atoms with Gasteiger partial charge in [-0.1, -0.05) is 6.07 Å². The number of aromatic hydroxyl groups is 1. The number of nitrogens with zero attached hydrogens (tertiary/aromatic N) is 2. The molecule has 1 heterocycles. The number of rotatable bonds is 4. The van der Waals surface area contributed by atoms with Gasteiger partial charge in [-0.3, -0.25) is 29.9 Å². The smallest absolute Gasteiger partial charge is 0.311 e. The number of benzene rings is 2. The van der Waals surface area contributed by atoms with Gasteiger partial charge in [0, 0.05) is 6.07 Å². The van der Waals surface area contributed by atoms with E-state index >= 15 is 0 Å². The van der Waals surface area contributed by atoms with Crippen LogP contribution in [0.3, 0.4) is 0 Å². The summed E-state index contributed by atoms with van der Waals surface area (Å²) in [4.78, 5) is 36.5. The Bertz CT molecular complexity index is 1030. The van der Waals surface area contributed by atoms with Crippen LogP contribution >= 0.6 is 12.2 Å². The van der Waals surface area contributed by atoms with Crippen molar-refractivity contribution in [2.45, 2.75) is 0 Å². The van der Waals surface area contributed by atoms with Crippen molar-refractivity contribution in [1.29, 1.82) is 0 Å². The van der Waals surface area contributed by atoms with Crippen LogP contribution in [0.25, 0.3) is 6.08 Å². The molecule has 0 bridgehead atoms. The Balaban J connectivity index is 2.01. The highest BCUT2D eigenvalue weighted by Gasteiger charge is 2.34.